The van der Waals surface area contributed by atoms with Gasteiger partial charge in [0.2, 0.25) is 0 Å². The Balaban J connectivity index is 1.58. The van der Waals surface area contributed by atoms with E-state index in [-0.39, 0.29) is 30.3 Å². The summed E-state index contributed by atoms with van der Waals surface area (Å²) in [5, 5.41) is 21.9. The normalized spacial score (nSPS) is 20.2. The van der Waals surface area contributed by atoms with Crippen LogP contribution in [0.3, 0.4) is 0 Å². The number of aromatic nitrogens is 1. The van der Waals surface area contributed by atoms with Crippen LogP contribution in [-0.2, 0) is 22.5 Å². The molecule has 2 N–H and O–H groups in total. The number of hydrogen-bond donors (Lipinski definition) is 2. The summed E-state index contributed by atoms with van der Waals surface area (Å²) in [6.45, 7) is 7.16. The number of aryl methyl sites for hydroxylation is 1. The average Bonchev–Trinajstić information content (AvgIpc) is 3.02. The number of aliphatic hydroxyl groups is 2. The lowest BCUT2D eigenvalue weighted by atomic mass is 9.80. The van der Waals surface area contributed by atoms with Crippen LogP contribution in [0.4, 0.5) is 42.2 Å². The highest BCUT2D eigenvalue weighted by molar-refractivity contribution is 5.82. The van der Waals surface area contributed by atoms with E-state index in [0.717, 1.165) is 6.54 Å². The fraction of sp³-hybridized carbons (Fsp3) is 0.485. The molecule has 0 saturated carbocycles. The molecule has 3 aromatic rings. The minimum absolute atomic E-state index is 0.0483. The molecule has 5 rings (SSSR count). The number of hydrogen-bond acceptors (Lipinski definition) is 7. The maximum Gasteiger partial charge on any atom is 0.416 e. The molecule has 0 bridgehead atoms. The minimum Gasteiger partial charge on any atom is -0.394 e. The molecular weight excluding hydrogens is 633 g/mol. The number of fused-ring (bicyclic) bond motifs is 1. The number of pyridine rings is 1. The van der Waals surface area contributed by atoms with Crippen molar-refractivity contribution in [1.82, 2.24) is 9.88 Å². The minimum atomic E-state index is -5.06. The molecule has 2 saturated heterocycles. The number of halogens is 7. The van der Waals surface area contributed by atoms with Crippen molar-refractivity contribution in [1.29, 1.82) is 0 Å². The maximum absolute atomic E-state index is 14.2. The van der Waals surface area contributed by atoms with Gasteiger partial charge >= 0.3 is 12.4 Å². The Labute approximate surface area is 268 Å². The van der Waals surface area contributed by atoms with Crippen LogP contribution in [0.2, 0.25) is 0 Å². The van der Waals surface area contributed by atoms with Crippen LogP contribution >= 0.6 is 0 Å². The monoisotopic (exact) mass is 670 g/mol. The van der Waals surface area contributed by atoms with Gasteiger partial charge in [0.25, 0.3) is 0 Å². The van der Waals surface area contributed by atoms with Crippen molar-refractivity contribution in [2.24, 2.45) is 0 Å². The summed E-state index contributed by atoms with van der Waals surface area (Å²) in [7, 11) is 1.46. The van der Waals surface area contributed by atoms with Crippen LogP contribution in [0.1, 0.15) is 36.1 Å². The van der Waals surface area contributed by atoms with E-state index < -0.39 is 40.9 Å². The lowest BCUT2D eigenvalue weighted by Gasteiger charge is -2.48. The molecule has 0 spiro atoms. The first-order chi connectivity index (χ1) is 21.9. The Kier molecular flexibility index (Phi) is 9.54. The van der Waals surface area contributed by atoms with Gasteiger partial charge in [-0.25, -0.2) is 9.37 Å². The van der Waals surface area contributed by atoms with E-state index in [9.17, 15) is 40.9 Å². The Bertz CT molecular complexity index is 1570. The van der Waals surface area contributed by atoms with Crippen molar-refractivity contribution >= 4 is 11.5 Å². The van der Waals surface area contributed by atoms with Crippen LogP contribution in [0.15, 0.2) is 48.7 Å². The largest absolute Gasteiger partial charge is 0.416 e. The number of ether oxygens (including phenoxy) is 1. The molecule has 47 heavy (non-hydrogen) atoms. The van der Waals surface area contributed by atoms with Gasteiger partial charge < -0.3 is 24.7 Å². The predicted molar refractivity (Wildman–Crippen MR) is 163 cm³/mol. The lowest BCUT2D eigenvalue weighted by Crippen LogP contribution is -2.63. The summed E-state index contributed by atoms with van der Waals surface area (Å²) in [5.41, 5.74) is -3.11. The quantitative estimate of drug-likeness (QED) is 0.242. The van der Waals surface area contributed by atoms with Gasteiger partial charge in [0.1, 0.15) is 17.9 Å². The average molecular weight is 671 g/mol. The van der Waals surface area contributed by atoms with Crippen molar-refractivity contribution < 1.29 is 45.7 Å². The molecule has 0 radical (unpaired) electrons. The zero-order valence-corrected chi connectivity index (χ0v) is 26.3. The summed E-state index contributed by atoms with van der Waals surface area (Å²) >= 11 is 0. The topological polar surface area (TPSA) is 72.3 Å². The van der Waals surface area contributed by atoms with Crippen molar-refractivity contribution in [2.75, 3.05) is 56.3 Å². The van der Waals surface area contributed by atoms with Crippen LogP contribution in [-0.4, -0.2) is 84.9 Å². The fourth-order valence-electron chi connectivity index (χ4n) is 6.39. The van der Waals surface area contributed by atoms with Gasteiger partial charge in [0.15, 0.2) is 0 Å². The molecule has 14 heteroatoms. The van der Waals surface area contributed by atoms with E-state index in [2.05, 4.69) is 9.88 Å². The number of rotatable bonds is 7. The fourth-order valence-corrected chi connectivity index (χ4v) is 6.39. The summed E-state index contributed by atoms with van der Waals surface area (Å²) in [6.07, 6.45) is -10.3. The molecule has 256 valence electrons. The van der Waals surface area contributed by atoms with Crippen molar-refractivity contribution in [3.63, 3.8) is 0 Å². The number of likely N-dealkylation sites (N-methyl/N-ethyl adjacent to an activating group) is 1. The number of nitrogens with zero attached hydrogens (tertiary/aromatic N) is 4. The Morgan fingerprint density at radius 1 is 0.957 bits per heavy atom. The van der Waals surface area contributed by atoms with Gasteiger partial charge in [-0.1, -0.05) is 19.9 Å². The highest BCUT2D eigenvalue weighted by Crippen LogP contribution is 2.42. The van der Waals surface area contributed by atoms with E-state index in [1.54, 1.807) is 19.1 Å². The third-order valence-corrected chi connectivity index (χ3v) is 9.22. The van der Waals surface area contributed by atoms with Gasteiger partial charge in [-0.2, -0.15) is 26.3 Å². The standard InChI is InChI=1S/C33H37F7N4O3/c1-19-9-23(34)5-6-26(19)27-13-29(44-16-25-18-47-8-7-43(25)15-24(44)17-45)41-14-28(27)42(4)30(46)31(2,3)20-10-21(32(35,36)37)12-22(11-20)33(38,39)40/h5-6,9-14,24-25,30,45-46H,7-8,15-18H2,1-4H3. The molecule has 0 amide bonds. The van der Waals surface area contributed by atoms with Gasteiger partial charge in [0, 0.05) is 37.7 Å². The maximum atomic E-state index is 14.2. The lowest BCUT2D eigenvalue weighted by molar-refractivity contribution is -0.143. The van der Waals surface area contributed by atoms with E-state index in [1.165, 1.54) is 44.1 Å². The smallest absolute Gasteiger partial charge is 0.394 e. The molecular formula is C33H37F7N4O3. The van der Waals surface area contributed by atoms with Crippen LogP contribution in [0.25, 0.3) is 11.1 Å². The van der Waals surface area contributed by atoms with Crippen molar-refractivity contribution in [2.45, 2.75) is 56.9 Å². The Hall–Kier alpha value is -3.46. The summed E-state index contributed by atoms with van der Waals surface area (Å²) in [6, 6.07) is 6.92. The van der Waals surface area contributed by atoms with Crippen molar-refractivity contribution in [3.8, 4) is 11.1 Å². The number of piperazine rings is 1. The van der Waals surface area contributed by atoms with E-state index in [1.807, 2.05) is 4.90 Å². The molecule has 2 fully saturated rings. The molecule has 0 aliphatic carbocycles. The zero-order chi connectivity index (χ0) is 34.5. The van der Waals surface area contributed by atoms with Crippen LogP contribution in [0, 0.1) is 12.7 Å². The van der Waals surface area contributed by atoms with E-state index in [0.29, 0.717) is 66.6 Å². The molecule has 2 aromatic carbocycles. The number of alkyl halides is 6. The van der Waals surface area contributed by atoms with Gasteiger partial charge in [-0.3, -0.25) is 4.90 Å². The van der Waals surface area contributed by atoms with Crippen molar-refractivity contribution in [3.05, 3.63) is 76.7 Å². The van der Waals surface area contributed by atoms with Gasteiger partial charge in [0.05, 0.1) is 54.9 Å². The van der Waals surface area contributed by atoms with Gasteiger partial charge in [-0.05, 0) is 60.0 Å². The Morgan fingerprint density at radius 2 is 1.60 bits per heavy atom. The third kappa shape index (κ3) is 7.06. The first kappa shape index (κ1) is 34.9. The first-order valence-electron chi connectivity index (χ1n) is 15.1. The second-order valence-corrected chi connectivity index (χ2v) is 12.7. The molecule has 7 nitrogen and oxygen atoms in total. The highest BCUT2D eigenvalue weighted by Gasteiger charge is 2.42. The summed E-state index contributed by atoms with van der Waals surface area (Å²) < 4.78 is 102. The third-order valence-electron chi connectivity index (χ3n) is 9.22. The zero-order valence-electron chi connectivity index (χ0n) is 26.3. The molecule has 2 aliphatic rings. The summed E-state index contributed by atoms with van der Waals surface area (Å²) in [5.74, 6) is 0.0157. The van der Waals surface area contributed by atoms with E-state index >= 15 is 0 Å². The molecule has 3 unspecified atom stereocenters. The summed E-state index contributed by atoms with van der Waals surface area (Å²) in [4.78, 5) is 10.2. The predicted octanol–water partition coefficient (Wildman–Crippen LogP) is 5.85. The molecule has 2 aliphatic heterocycles. The van der Waals surface area contributed by atoms with E-state index in [4.69, 9.17) is 4.74 Å². The van der Waals surface area contributed by atoms with Gasteiger partial charge in [-0.15, -0.1) is 0 Å². The van der Waals surface area contributed by atoms with Crippen LogP contribution in [0.5, 0.6) is 0 Å². The molecule has 3 atom stereocenters. The Morgan fingerprint density at radius 3 is 2.19 bits per heavy atom. The second kappa shape index (κ2) is 12.9. The van der Waals surface area contributed by atoms with Crippen LogP contribution < -0.4 is 9.80 Å². The number of benzene rings is 2. The highest BCUT2D eigenvalue weighted by atomic mass is 19.4. The SMILES string of the molecule is Cc1cc(F)ccc1-c1cc(N2CC3COCCN3CC2CO)ncc1N(C)C(O)C(C)(C)c1cc(C(F)(F)F)cc(C(F)(F)F)c1. The first-order valence-corrected chi connectivity index (χ1v) is 15.1. The molecule has 3 heterocycles. The second-order valence-electron chi connectivity index (χ2n) is 12.7. The number of aliphatic hydroxyl groups excluding tert-OH is 2. The number of morpholine rings is 1. The number of anilines is 2. The molecule has 1 aromatic heterocycles.